The van der Waals surface area contributed by atoms with Crippen LogP contribution in [0.2, 0.25) is 20.6 Å². The Hall–Kier alpha value is -0.836. The van der Waals surface area contributed by atoms with E-state index in [0.29, 0.717) is 6.85 Å². The van der Waals surface area contributed by atoms with E-state index in [1.807, 2.05) is 5.47 Å². The summed E-state index contributed by atoms with van der Waals surface area (Å²) in [5, 5.41) is 0. The number of hydrogen-bond acceptors (Lipinski definition) is 0. The summed E-state index contributed by atoms with van der Waals surface area (Å²) in [6.07, 6.45) is 17.7. The molecule has 0 atom stereocenters. The van der Waals surface area contributed by atoms with Crippen LogP contribution in [0.25, 0.3) is 3.71 Å². The van der Waals surface area contributed by atoms with Gasteiger partial charge in [0.25, 0.3) is 0 Å². The molecular weight excluding hydrogens is 410 g/mol. The van der Waals surface area contributed by atoms with Crippen LogP contribution in [-0.2, 0) is 0 Å². The molecule has 2 nitrogen and oxygen atoms in total. The van der Waals surface area contributed by atoms with E-state index in [9.17, 15) is 0 Å². The van der Waals surface area contributed by atoms with E-state index >= 15 is 0 Å². The predicted octanol–water partition coefficient (Wildman–Crippen LogP) is 5.81. The Morgan fingerprint density at radius 2 is 1.44 bits per heavy atom. The van der Waals surface area contributed by atoms with E-state index in [2.05, 4.69) is 72.9 Å². The van der Waals surface area contributed by atoms with E-state index in [4.69, 9.17) is 0 Å². The summed E-state index contributed by atoms with van der Waals surface area (Å²) in [5.74, 6) is 1.60. The van der Waals surface area contributed by atoms with Gasteiger partial charge in [-0.3, -0.25) is 0 Å². The van der Waals surface area contributed by atoms with Gasteiger partial charge in [-0.05, 0) is 0 Å². The van der Waals surface area contributed by atoms with Gasteiger partial charge in [0.05, 0.1) is 0 Å². The first-order valence-electron chi connectivity index (χ1n) is 10.1. The SMILES string of the molecule is [CH3][Sn]([CH3])([CH3])/[C](=C1\B(n2cccc2)C2CCCC1CCC2)n1cccc1. The van der Waals surface area contributed by atoms with Gasteiger partial charge in [-0.25, -0.2) is 0 Å². The molecule has 2 aliphatic heterocycles. The molecule has 2 fully saturated rings. The Balaban J connectivity index is 1.98. The molecule has 0 unspecified atom stereocenters. The molecule has 0 saturated carbocycles. The van der Waals surface area contributed by atoms with Gasteiger partial charge in [0.2, 0.25) is 0 Å². The molecule has 0 N–H and O–H groups in total. The summed E-state index contributed by atoms with van der Waals surface area (Å²) in [7, 11) is 0. The average molecular weight is 441 g/mol. The number of allylic oxidation sites excluding steroid dienone is 1. The van der Waals surface area contributed by atoms with Crippen LogP contribution in [0.5, 0.6) is 0 Å². The van der Waals surface area contributed by atoms with Crippen molar-refractivity contribution in [2.45, 2.75) is 59.2 Å². The Labute approximate surface area is 157 Å². The molecule has 2 bridgehead atoms. The van der Waals surface area contributed by atoms with Crippen LogP contribution in [0.3, 0.4) is 0 Å². The van der Waals surface area contributed by atoms with E-state index in [1.54, 1.807) is 3.71 Å². The molecule has 0 aromatic carbocycles. The quantitative estimate of drug-likeness (QED) is 0.533. The van der Waals surface area contributed by atoms with Crippen molar-refractivity contribution >= 4 is 28.9 Å². The van der Waals surface area contributed by atoms with E-state index in [1.165, 1.54) is 38.5 Å². The summed E-state index contributed by atoms with van der Waals surface area (Å²) in [6.45, 7) is 0.582. The summed E-state index contributed by atoms with van der Waals surface area (Å²) in [4.78, 5) is 7.79. The molecule has 132 valence electrons. The van der Waals surface area contributed by atoms with Gasteiger partial charge >= 0.3 is 158 Å². The molecule has 4 heteroatoms. The first-order chi connectivity index (χ1) is 12.1. The Bertz CT molecular complexity index is 715. The van der Waals surface area contributed by atoms with E-state index in [-0.39, 0.29) is 0 Å². The Morgan fingerprint density at radius 3 is 2.00 bits per heavy atom. The van der Waals surface area contributed by atoms with Crippen molar-refractivity contribution in [3.05, 3.63) is 54.5 Å². The fourth-order valence-electron chi connectivity index (χ4n) is 5.39. The third-order valence-corrected chi connectivity index (χ3v) is 11.9. The van der Waals surface area contributed by atoms with Gasteiger partial charge in [-0.2, -0.15) is 0 Å². The molecule has 2 aromatic heterocycles. The normalized spacial score (nSPS) is 26.4. The predicted molar refractivity (Wildman–Crippen MR) is 112 cm³/mol. The van der Waals surface area contributed by atoms with Crippen LogP contribution in [0, 0.1) is 5.92 Å². The number of fused-ring (bicyclic) bond motifs is 3. The first kappa shape index (κ1) is 17.6. The molecule has 4 heterocycles. The Kier molecular flexibility index (Phi) is 4.96. The maximum atomic E-state index is 2.60. The van der Waals surface area contributed by atoms with Crippen molar-refractivity contribution in [3.8, 4) is 0 Å². The Morgan fingerprint density at radius 1 is 0.880 bits per heavy atom. The van der Waals surface area contributed by atoms with Crippen molar-refractivity contribution in [1.29, 1.82) is 0 Å². The third kappa shape index (κ3) is 3.41. The number of nitrogens with zero attached hydrogens (tertiary/aromatic N) is 2. The topological polar surface area (TPSA) is 9.86 Å². The van der Waals surface area contributed by atoms with Crippen molar-refractivity contribution in [2.24, 2.45) is 5.92 Å². The molecule has 2 saturated heterocycles. The van der Waals surface area contributed by atoms with Gasteiger partial charge in [-0.1, -0.05) is 0 Å². The van der Waals surface area contributed by atoms with Gasteiger partial charge in [-0.15, -0.1) is 0 Å². The average Bonchev–Trinajstić information content (AvgIpc) is 3.16. The summed E-state index contributed by atoms with van der Waals surface area (Å²) in [6, 6.07) is 8.82. The standard InChI is InChI=1S/C18H22BN2.3CH3.Sn/c1-2-12-20(11-1)15-18-16-7-5-9-17(10-6-8-16)19(18)21-13-3-4-14-21;;;;/h1-4,11-14,16-17H,5-10H2;3*1H3;. The van der Waals surface area contributed by atoms with Gasteiger partial charge in [0.1, 0.15) is 0 Å². The van der Waals surface area contributed by atoms with Crippen LogP contribution in [0.4, 0.5) is 0 Å². The molecule has 2 aromatic rings. The molecule has 2 aliphatic rings. The fourth-order valence-corrected chi connectivity index (χ4v) is 11.5. The van der Waals surface area contributed by atoms with Crippen LogP contribution < -0.4 is 0 Å². The van der Waals surface area contributed by atoms with Gasteiger partial charge in [0.15, 0.2) is 0 Å². The number of rotatable bonds is 3. The summed E-state index contributed by atoms with van der Waals surface area (Å²) < 4.78 is 6.80. The molecular formula is C21H31BN2Sn. The van der Waals surface area contributed by atoms with Crippen molar-refractivity contribution in [1.82, 2.24) is 9.05 Å². The molecule has 0 radical (unpaired) electrons. The second-order valence-electron chi connectivity index (χ2n) is 9.04. The second-order valence-corrected chi connectivity index (χ2v) is 23.2. The van der Waals surface area contributed by atoms with Crippen molar-refractivity contribution < 1.29 is 0 Å². The van der Waals surface area contributed by atoms with Gasteiger partial charge in [0, 0.05) is 0 Å². The zero-order valence-electron chi connectivity index (χ0n) is 16.0. The minimum atomic E-state index is -2.32. The zero-order chi connectivity index (χ0) is 17.4. The third-order valence-electron chi connectivity index (χ3n) is 6.26. The second kappa shape index (κ2) is 7.05. The van der Waals surface area contributed by atoms with Gasteiger partial charge < -0.3 is 0 Å². The summed E-state index contributed by atoms with van der Waals surface area (Å²) >= 11 is -2.32. The molecule has 4 rings (SSSR count). The van der Waals surface area contributed by atoms with Crippen LogP contribution in [0.1, 0.15) is 38.5 Å². The summed E-state index contributed by atoms with van der Waals surface area (Å²) in [5.41, 5.74) is 1.82. The van der Waals surface area contributed by atoms with Crippen LogP contribution in [0.15, 0.2) is 54.5 Å². The monoisotopic (exact) mass is 442 g/mol. The van der Waals surface area contributed by atoms with Crippen LogP contribution in [-0.4, -0.2) is 34.3 Å². The number of aromatic nitrogens is 2. The van der Waals surface area contributed by atoms with E-state index < -0.39 is 18.4 Å². The first-order valence-corrected chi connectivity index (χ1v) is 20.0. The molecule has 0 amide bonds. The number of hydrogen-bond donors (Lipinski definition) is 0. The minimum absolute atomic E-state index is 0.582. The zero-order valence-corrected chi connectivity index (χ0v) is 18.8. The van der Waals surface area contributed by atoms with Crippen molar-refractivity contribution in [3.63, 3.8) is 0 Å². The molecule has 0 aliphatic carbocycles. The van der Waals surface area contributed by atoms with Crippen LogP contribution >= 0.6 is 0 Å². The van der Waals surface area contributed by atoms with E-state index in [0.717, 1.165) is 11.7 Å². The fraction of sp³-hybridized carbons (Fsp3) is 0.524. The maximum absolute atomic E-state index is 2.60. The molecule has 0 spiro atoms. The van der Waals surface area contributed by atoms with Crippen molar-refractivity contribution in [2.75, 3.05) is 0 Å². The molecule has 25 heavy (non-hydrogen) atoms.